The second-order valence-electron chi connectivity index (χ2n) is 4.19. The average molecular weight is 286 g/mol. The molecular formula is C13H20BrNO. The van der Waals surface area contributed by atoms with Crippen molar-refractivity contribution < 1.29 is 4.74 Å². The van der Waals surface area contributed by atoms with E-state index in [2.05, 4.69) is 29.8 Å². The molecule has 1 aromatic rings. The van der Waals surface area contributed by atoms with Gasteiger partial charge in [0.2, 0.25) is 0 Å². The highest BCUT2D eigenvalue weighted by molar-refractivity contribution is 9.10. The smallest absolute Gasteiger partial charge is 0.124 e. The van der Waals surface area contributed by atoms with Crippen LogP contribution in [0.5, 0.6) is 5.75 Å². The Kier molecular flexibility index (Phi) is 5.29. The SMILES string of the molecule is CCCC(C)Oc1ccc(Br)cc1[C@H](C)N. The summed E-state index contributed by atoms with van der Waals surface area (Å²) in [5.41, 5.74) is 6.99. The minimum absolute atomic E-state index is 0.0127. The largest absolute Gasteiger partial charge is 0.490 e. The van der Waals surface area contributed by atoms with Gasteiger partial charge in [-0.15, -0.1) is 0 Å². The summed E-state index contributed by atoms with van der Waals surface area (Å²) in [5.74, 6) is 0.902. The van der Waals surface area contributed by atoms with Gasteiger partial charge < -0.3 is 10.5 Å². The van der Waals surface area contributed by atoms with Crippen LogP contribution in [0.4, 0.5) is 0 Å². The maximum Gasteiger partial charge on any atom is 0.124 e. The second kappa shape index (κ2) is 6.26. The van der Waals surface area contributed by atoms with Crippen LogP contribution in [0.25, 0.3) is 0 Å². The minimum Gasteiger partial charge on any atom is -0.490 e. The van der Waals surface area contributed by atoms with E-state index in [1.807, 2.05) is 25.1 Å². The molecule has 0 saturated carbocycles. The lowest BCUT2D eigenvalue weighted by atomic mass is 10.1. The molecule has 0 aliphatic rings. The molecule has 0 bridgehead atoms. The third-order valence-corrected chi connectivity index (χ3v) is 2.98. The van der Waals surface area contributed by atoms with Crippen molar-refractivity contribution in [1.82, 2.24) is 0 Å². The van der Waals surface area contributed by atoms with Crippen molar-refractivity contribution in [3.8, 4) is 5.75 Å². The first-order valence-electron chi connectivity index (χ1n) is 5.76. The second-order valence-corrected chi connectivity index (χ2v) is 5.10. The molecule has 3 heteroatoms. The molecular weight excluding hydrogens is 266 g/mol. The molecule has 2 atom stereocenters. The van der Waals surface area contributed by atoms with Gasteiger partial charge in [0.25, 0.3) is 0 Å². The molecule has 0 aliphatic heterocycles. The molecule has 1 rings (SSSR count). The van der Waals surface area contributed by atoms with Gasteiger partial charge in [0, 0.05) is 16.1 Å². The zero-order valence-electron chi connectivity index (χ0n) is 10.2. The quantitative estimate of drug-likeness (QED) is 0.886. The fourth-order valence-corrected chi connectivity index (χ4v) is 2.04. The van der Waals surface area contributed by atoms with Crippen LogP contribution in [-0.4, -0.2) is 6.10 Å². The molecule has 0 aliphatic carbocycles. The Balaban J connectivity index is 2.86. The first kappa shape index (κ1) is 13.5. The fourth-order valence-electron chi connectivity index (χ4n) is 1.66. The van der Waals surface area contributed by atoms with E-state index in [1.54, 1.807) is 0 Å². The number of rotatable bonds is 5. The summed E-state index contributed by atoms with van der Waals surface area (Å²) in [6, 6.07) is 5.98. The molecule has 0 amide bonds. The summed E-state index contributed by atoms with van der Waals surface area (Å²) in [7, 11) is 0. The third-order valence-electron chi connectivity index (χ3n) is 2.49. The van der Waals surface area contributed by atoms with Crippen LogP contribution in [0, 0.1) is 0 Å². The Morgan fingerprint density at radius 2 is 2.06 bits per heavy atom. The van der Waals surface area contributed by atoms with Crippen molar-refractivity contribution >= 4 is 15.9 Å². The third kappa shape index (κ3) is 3.80. The van der Waals surface area contributed by atoms with Gasteiger partial charge in [0.1, 0.15) is 5.75 Å². The molecule has 0 spiro atoms. The Bertz CT molecular complexity index is 339. The number of halogens is 1. The lowest BCUT2D eigenvalue weighted by Crippen LogP contribution is -2.14. The van der Waals surface area contributed by atoms with Crippen LogP contribution >= 0.6 is 15.9 Å². The molecule has 0 fully saturated rings. The lowest BCUT2D eigenvalue weighted by molar-refractivity contribution is 0.207. The molecule has 2 nitrogen and oxygen atoms in total. The monoisotopic (exact) mass is 285 g/mol. The van der Waals surface area contributed by atoms with Gasteiger partial charge in [0.15, 0.2) is 0 Å². The van der Waals surface area contributed by atoms with E-state index in [1.165, 1.54) is 0 Å². The van der Waals surface area contributed by atoms with E-state index in [9.17, 15) is 0 Å². The lowest BCUT2D eigenvalue weighted by Gasteiger charge is -2.18. The average Bonchev–Trinajstić information content (AvgIpc) is 2.20. The van der Waals surface area contributed by atoms with E-state index < -0.39 is 0 Å². The van der Waals surface area contributed by atoms with E-state index in [-0.39, 0.29) is 12.1 Å². The number of hydrogen-bond donors (Lipinski definition) is 1. The van der Waals surface area contributed by atoms with Crippen LogP contribution in [0.3, 0.4) is 0 Å². The van der Waals surface area contributed by atoms with Crippen LogP contribution in [0.15, 0.2) is 22.7 Å². The molecule has 0 saturated heterocycles. The topological polar surface area (TPSA) is 35.2 Å². The van der Waals surface area contributed by atoms with Gasteiger partial charge in [-0.2, -0.15) is 0 Å². The molecule has 16 heavy (non-hydrogen) atoms. The van der Waals surface area contributed by atoms with Gasteiger partial charge in [-0.05, 0) is 38.5 Å². The number of ether oxygens (including phenoxy) is 1. The van der Waals surface area contributed by atoms with E-state index in [0.717, 1.165) is 28.6 Å². The zero-order chi connectivity index (χ0) is 12.1. The van der Waals surface area contributed by atoms with Gasteiger partial charge >= 0.3 is 0 Å². The van der Waals surface area contributed by atoms with Crippen molar-refractivity contribution in [3.63, 3.8) is 0 Å². The Morgan fingerprint density at radius 1 is 1.38 bits per heavy atom. The minimum atomic E-state index is -0.0127. The summed E-state index contributed by atoms with van der Waals surface area (Å²) in [4.78, 5) is 0. The standard InChI is InChI=1S/C13H20BrNO/c1-4-5-9(2)16-13-7-6-11(14)8-12(13)10(3)15/h6-10H,4-5,15H2,1-3H3/t9?,10-/m0/s1. The van der Waals surface area contributed by atoms with Crippen LogP contribution in [0.1, 0.15) is 45.2 Å². The van der Waals surface area contributed by atoms with Crippen LogP contribution < -0.4 is 10.5 Å². The van der Waals surface area contributed by atoms with Crippen LogP contribution in [-0.2, 0) is 0 Å². The van der Waals surface area contributed by atoms with Crippen molar-refractivity contribution in [2.24, 2.45) is 5.73 Å². The van der Waals surface area contributed by atoms with Gasteiger partial charge in [-0.3, -0.25) is 0 Å². The Morgan fingerprint density at radius 3 is 2.62 bits per heavy atom. The molecule has 1 aromatic carbocycles. The van der Waals surface area contributed by atoms with Crippen molar-refractivity contribution in [2.45, 2.75) is 45.8 Å². The highest BCUT2D eigenvalue weighted by atomic mass is 79.9. The number of nitrogens with two attached hydrogens (primary N) is 1. The first-order valence-corrected chi connectivity index (χ1v) is 6.55. The van der Waals surface area contributed by atoms with Gasteiger partial charge in [0.05, 0.1) is 6.10 Å². The highest BCUT2D eigenvalue weighted by Crippen LogP contribution is 2.28. The van der Waals surface area contributed by atoms with Crippen molar-refractivity contribution in [1.29, 1.82) is 0 Å². The van der Waals surface area contributed by atoms with Gasteiger partial charge in [-0.25, -0.2) is 0 Å². The molecule has 0 radical (unpaired) electrons. The predicted molar refractivity (Wildman–Crippen MR) is 71.7 cm³/mol. The normalized spacial score (nSPS) is 14.6. The fraction of sp³-hybridized carbons (Fsp3) is 0.538. The maximum absolute atomic E-state index is 5.93. The molecule has 90 valence electrons. The summed E-state index contributed by atoms with van der Waals surface area (Å²) < 4.78 is 6.94. The molecule has 1 unspecified atom stereocenters. The van der Waals surface area contributed by atoms with Crippen LogP contribution in [0.2, 0.25) is 0 Å². The number of hydrogen-bond acceptors (Lipinski definition) is 2. The predicted octanol–water partition coefficient (Wildman–Crippen LogP) is 4.04. The maximum atomic E-state index is 5.93. The summed E-state index contributed by atoms with van der Waals surface area (Å²) in [5, 5.41) is 0. The molecule has 0 heterocycles. The zero-order valence-corrected chi connectivity index (χ0v) is 11.8. The first-order chi connectivity index (χ1) is 7.54. The number of benzene rings is 1. The summed E-state index contributed by atoms with van der Waals surface area (Å²) >= 11 is 3.45. The van der Waals surface area contributed by atoms with Crippen molar-refractivity contribution in [3.05, 3.63) is 28.2 Å². The highest BCUT2D eigenvalue weighted by Gasteiger charge is 2.11. The molecule has 2 N–H and O–H groups in total. The van der Waals surface area contributed by atoms with Gasteiger partial charge in [-0.1, -0.05) is 29.3 Å². The Labute approximate surface area is 106 Å². The van der Waals surface area contributed by atoms with E-state index >= 15 is 0 Å². The van der Waals surface area contributed by atoms with Crippen molar-refractivity contribution in [2.75, 3.05) is 0 Å². The summed E-state index contributed by atoms with van der Waals surface area (Å²) in [6.07, 6.45) is 2.43. The van der Waals surface area contributed by atoms with E-state index in [0.29, 0.717) is 0 Å². The van der Waals surface area contributed by atoms with E-state index in [4.69, 9.17) is 10.5 Å². The summed E-state index contributed by atoms with van der Waals surface area (Å²) in [6.45, 7) is 6.23. The molecule has 0 aromatic heterocycles. The Hall–Kier alpha value is -0.540.